The summed E-state index contributed by atoms with van der Waals surface area (Å²) in [6.07, 6.45) is -1.16. The standard InChI is InChI=1S/C18H19N3O5S/c1-3-26-18(23)12-5-7-13(8-6-12)19-17(22)16-20-14-10-11(2)4-9-15(14)27(24,25)21-16/h4-10,16,20-21H,3H2,1-2H3,(H,19,22). The summed E-state index contributed by atoms with van der Waals surface area (Å²) in [7, 11) is -3.80. The van der Waals surface area contributed by atoms with Crippen LogP contribution in [0, 0.1) is 6.92 Å². The van der Waals surface area contributed by atoms with Crippen LogP contribution in [-0.4, -0.2) is 33.1 Å². The third-order valence-corrected chi connectivity index (χ3v) is 5.40. The number of aryl methyl sites for hydroxylation is 1. The SMILES string of the molecule is CCOC(=O)c1ccc(NC(=O)C2Nc3cc(C)ccc3S(=O)(=O)N2)cc1. The molecule has 1 aliphatic rings. The van der Waals surface area contributed by atoms with E-state index < -0.39 is 28.1 Å². The molecule has 142 valence electrons. The van der Waals surface area contributed by atoms with Gasteiger partial charge < -0.3 is 15.4 Å². The summed E-state index contributed by atoms with van der Waals surface area (Å²) in [5.41, 5.74) is 2.01. The van der Waals surface area contributed by atoms with Crippen molar-refractivity contribution in [3.8, 4) is 0 Å². The van der Waals surface area contributed by atoms with E-state index in [1.807, 2.05) is 6.92 Å². The molecule has 3 rings (SSSR count). The number of hydrogen-bond acceptors (Lipinski definition) is 6. The molecule has 0 bridgehead atoms. The van der Waals surface area contributed by atoms with Gasteiger partial charge in [-0.2, -0.15) is 4.72 Å². The van der Waals surface area contributed by atoms with Gasteiger partial charge in [0.05, 0.1) is 17.9 Å². The Morgan fingerprint density at radius 3 is 2.52 bits per heavy atom. The van der Waals surface area contributed by atoms with Crippen molar-refractivity contribution in [3.63, 3.8) is 0 Å². The van der Waals surface area contributed by atoms with E-state index in [2.05, 4.69) is 15.4 Å². The van der Waals surface area contributed by atoms with Gasteiger partial charge in [0.15, 0.2) is 6.17 Å². The Morgan fingerprint density at radius 1 is 1.15 bits per heavy atom. The number of anilines is 2. The average molecular weight is 389 g/mol. The van der Waals surface area contributed by atoms with Crippen molar-refractivity contribution in [2.45, 2.75) is 24.9 Å². The van der Waals surface area contributed by atoms with E-state index in [0.717, 1.165) is 5.56 Å². The van der Waals surface area contributed by atoms with Gasteiger partial charge in [-0.25, -0.2) is 13.2 Å². The van der Waals surface area contributed by atoms with Gasteiger partial charge in [-0.1, -0.05) is 6.07 Å². The van der Waals surface area contributed by atoms with Crippen LogP contribution in [0.25, 0.3) is 0 Å². The lowest BCUT2D eigenvalue weighted by molar-refractivity contribution is -0.117. The van der Waals surface area contributed by atoms with Gasteiger partial charge >= 0.3 is 5.97 Å². The monoisotopic (exact) mass is 389 g/mol. The molecule has 0 aliphatic carbocycles. The Morgan fingerprint density at radius 2 is 1.85 bits per heavy atom. The maximum atomic E-state index is 12.5. The fourth-order valence-electron chi connectivity index (χ4n) is 2.63. The Kier molecular flexibility index (Phi) is 5.15. The number of amides is 1. The molecule has 1 unspecified atom stereocenters. The first-order chi connectivity index (χ1) is 12.8. The lowest BCUT2D eigenvalue weighted by Crippen LogP contribution is -2.51. The van der Waals surface area contributed by atoms with Crippen molar-refractivity contribution in [1.82, 2.24) is 4.72 Å². The molecule has 27 heavy (non-hydrogen) atoms. The van der Waals surface area contributed by atoms with Gasteiger partial charge in [0.25, 0.3) is 5.91 Å². The molecule has 0 fully saturated rings. The van der Waals surface area contributed by atoms with Crippen LogP contribution in [0.1, 0.15) is 22.8 Å². The third-order valence-electron chi connectivity index (χ3n) is 3.92. The minimum absolute atomic E-state index is 0.0935. The smallest absolute Gasteiger partial charge is 0.338 e. The first kappa shape index (κ1) is 18.9. The largest absolute Gasteiger partial charge is 0.462 e. The number of nitrogens with one attached hydrogen (secondary N) is 3. The van der Waals surface area contributed by atoms with Crippen molar-refractivity contribution in [1.29, 1.82) is 0 Å². The maximum absolute atomic E-state index is 12.5. The van der Waals surface area contributed by atoms with Crippen LogP contribution in [0.2, 0.25) is 0 Å². The van der Waals surface area contributed by atoms with Gasteiger partial charge in [-0.05, 0) is 55.8 Å². The normalized spacial score (nSPS) is 17.3. The zero-order valence-corrected chi connectivity index (χ0v) is 15.6. The molecular formula is C18H19N3O5S. The van der Waals surface area contributed by atoms with Gasteiger partial charge in [-0.15, -0.1) is 0 Å². The maximum Gasteiger partial charge on any atom is 0.338 e. The molecule has 1 heterocycles. The number of hydrogen-bond donors (Lipinski definition) is 3. The topological polar surface area (TPSA) is 114 Å². The van der Waals surface area contributed by atoms with Crippen LogP contribution in [-0.2, 0) is 19.6 Å². The molecule has 8 nitrogen and oxygen atoms in total. The van der Waals surface area contributed by atoms with Crippen molar-refractivity contribution in [2.24, 2.45) is 0 Å². The summed E-state index contributed by atoms with van der Waals surface area (Å²) in [6, 6.07) is 11.0. The van der Waals surface area contributed by atoms with Gasteiger partial charge in [-0.3, -0.25) is 4.79 Å². The molecule has 0 aromatic heterocycles. The highest BCUT2D eigenvalue weighted by atomic mass is 32.2. The number of esters is 1. The number of carbonyl (C=O) groups is 2. The summed E-state index contributed by atoms with van der Waals surface area (Å²) >= 11 is 0. The second-order valence-corrected chi connectivity index (χ2v) is 7.67. The Labute approximate surface area is 157 Å². The second kappa shape index (κ2) is 7.37. The predicted molar refractivity (Wildman–Crippen MR) is 99.9 cm³/mol. The van der Waals surface area contributed by atoms with Crippen molar-refractivity contribution < 1.29 is 22.7 Å². The number of fused-ring (bicyclic) bond motifs is 1. The molecule has 2 aromatic rings. The van der Waals surface area contributed by atoms with E-state index in [9.17, 15) is 18.0 Å². The highest BCUT2D eigenvalue weighted by molar-refractivity contribution is 7.89. The van der Waals surface area contributed by atoms with Gasteiger partial charge in [0, 0.05) is 5.69 Å². The van der Waals surface area contributed by atoms with E-state index >= 15 is 0 Å². The summed E-state index contributed by atoms with van der Waals surface area (Å²) < 4.78 is 31.9. The minimum Gasteiger partial charge on any atom is -0.462 e. The molecule has 0 saturated carbocycles. The summed E-state index contributed by atoms with van der Waals surface area (Å²) in [6.45, 7) is 3.81. The Hall–Kier alpha value is -2.91. The van der Waals surface area contributed by atoms with Crippen LogP contribution in [0.3, 0.4) is 0 Å². The van der Waals surface area contributed by atoms with Crippen LogP contribution >= 0.6 is 0 Å². The fraction of sp³-hybridized carbons (Fsp3) is 0.222. The molecule has 9 heteroatoms. The van der Waals surface area contributed by atoms with Crippen LogP contribution in [0.4, 0.5) is 11.4 Å². The summed E-state index contributed by atoms with van der Waals surface area (Å²) in [5.74, 6) is -1.03. The first-order valence-corrected chi connectivity index (χ1v) is 9.76. The number of carbonyl (C=O) groups excluding carboxylic acids is 2. The molecule has 0 saturated heterocycles. The number of rotatable bonds is 4. The Balaban J connectivity index is 1.74. The zero-order valence-electron chi connectivity index (χ0n) is 14.8. The molecule has 2 aromatic carbocycles. The van der Waals surface area contributed by atoms with Crippen molar-refractivity contribution >= 4 is 33.3 Å². The number of ether oxygens (including phenoxy) is 1. The van der Waals surface area contributed by atoms with E-state index in [4.69, 9.17) is 4.74 Å². The van der Waals surface area contributed by atoms with Crippen LogP contribution in [0.5, 0.6) is 0 Å². The molecule has 1 amide bonds. The van der Waals surface area contributed by atoms with Crippen LogP contribution in [0.15, 0.2) is 47.4 Å². The number of sulfonamides is 1. The first-order valence-electron chi connectivity index (χ1n) is 8.28. The van der Waals surface area contributed by atoms with Crippen LogP contribution < -0.4 is 15.4 Å². The highest BCUT2D eigenvalue weighted by Gasteiger charge is 2.33. The summed E-state index contributed by atoms with van der Waals surface area (Å²) in [4.78, 5) is 24.2. The van der Waals surface area contributed by atoms with E-state index in [1.54, 1.807) is 31.2 Å². The minimum atomic E-state index is -3.80. The molecule has 3 N–H and O–H groups in total. The highest BCUT2D eigenvalue weighted by Crippen LogP contribution is 2.27. The molecule has 0 spiro atoms. The van der Waals surface area contributed by atoms with E-state index in [-0.39, 0.29) is 11.5 Å². The molecule has 0 radical (unpaired) electrons. The van der Waals surface area contributed by atoms with Gasteiger partial charge in [0.2, 0.25) is 10.0 Å². The lowest BCUT2D eigenvalue weighted by atomic mass is 10.2. The molecule has 1 aliphatic heterocycles. The molecular weight excluding hydrogens is 370 g/mol. The lowest BCUT2D eigenvalue weighted by Gasteiger charge is -2.27. The average Bonchev–Trinajstić information content (AvgIpc) is 2.61. The van der Waals surface area contributed by atoms with E-state index in [1.165, 1.54) is 18.2 Å². The van der Waals surface area contributed by atoms with Crippen molar-refractivity contribution in [3.05, 3.63) is 53.6 Å². The Bertz CT molecular complexity index is 987. The third kappa shape index (κ3) is 4.09. The fourth-order valence-corrected chi connectivity index (χ4v) is 3.89. The second-order valence-electron chi connectivity index (χ2n) is 5.99. The number of benzene rings is 2. The van der Waals surface area contributed by atoms with E-state index in [0.29, 0.717) is 16.9 Å². The zero-order chi connectivity index (χ0) is 19.6. The predicted octanol–water partition coefficient (Wildman–Crippen LogP) is 1.84. The summed E-state index contributed by atoms with van der Waals surface area (Å²) in [5, 5.41) is 5.50. The van der Waals surface area contributed by atoms with Crippen molar-refractivity contribution in [2.75, 3.05) is 17.2 Å². The molecule has 1 atom stereocenters. The van der Waals surface area contributed by atoms with Gasteiger partial charge in [0.1, 0.15) is 4.90 Å². The quantitative estimate of drug-likeness (QED) is 0.688.